The maximum atomic E-state index is 12.4. The summed E-state index contributed by atoms with van der Waals surface area (Å²) in [5.41, 5.74) is 4.44. The number of nitriles is 1. The highest BCUT2D eigenvalue weighted by Crippen LogP contribution is 2.22. The first-order valence-corrected chi connectivity index (χ1v) is 8.55. The molecule has 3 aromatic rings. The molecule has 1 N–H and O–H groups in total. The highest BCUT2D eigenvalue weighted by molar-refractivity contribution is 6.32. The van der Waals surface area contributed by atoms with Gasteiger partial charge in [-0.05, 0) is 48.4 Å². The fraction of sp³-hybridized carbons (Fsp3) is 0.0952. The second kappa shape index (κ2) is 7.81. The lowest BCUT2D eigenvalue weighted by Crippen LogP contribution is -2.11. The standard InChI is InChI=1S/C21H16ClN3O/c1-2-14-3-10-20(24-13-14)15-4-6-16(7-5-15)21(26)25-18-9-8-17(12-23)19(22)11-18/h3-11,13H,2H2,1H3,(H,25,26). The van der Waals surface area contributed by atoms with Crippen LogP contribution in [0.4, 0.5) is 5.69 Å². The van der Waals surface area contributed by atoms with Gasteiger partial charge in [0.2, 0.25) is 0 Å². The summed E-state index contributed by atoms with van der Waals surface area (Å²) in [5.74, 6) is -0.244. The third-order valence-electron chi connectivity index (χ3n) is 4.02. The molecular formula is C21H16ClN3O. The molecule has 0 radical (unpaired) electrons. The minimum absolute atomic E-state index is 0.244. The normalized spacial score (nSPS) is 10.2. The number of nitrogens with zero attached hydrogens (tertiary/aromatic N) is 2. The van der Waals surface area contributed by atoms with Gasteiger partial charge in [-0.1, -0.05) is 36.7 Å². The average Bonchev–Trinajstić information content (AvgIpc) is 2.68. The Morgan fingerprint density at radius 1 is 1.15 bits per heavy atom. The first kappa shape index (κ1) is 17.7. The maximum absolute atomic E-state index is 12.4. The van der Waals surface area contributed by atoms with E-state index in [0.29, 0.717) is 21.8 Å². The first-order valence-electron chi connectivity index (χ1n) is 8.17. The van der Waals surface area contributed by atoms with Crippen LogP contribution in [0.25, 0.3) is 11.3 Å². The number of benzene rings is 2. The molecule has 0 aliphatic heterocycles. The van der Waals surface area contributed by atoms with Crippen LogP contribution >= 0.6 is 11.6 Å². The van der Waals surface area contributed by atoms with Crippen molar-refractivity contribution in [3.05, 3.63) is 82.5 Å². The second-order valence-electron chi connectivity index (χ2n) is 5.74. The van der Waals surface area contributed by atoms with Gasteiger partial charge in [-0.3, -0.25) is 9.78 Å². The van der Waals surface area contributed by atoms with Gasteiger partial charge in [0.05, 0.1) is 16.3 Å². The number of hydrogen-bond acceptors (Lipinski definition) is 3. The van der Waals surface area contributed by atoms with Crippen molar-refractivity contribution in [2.24, 2.45) is 0 Å². The molecule has 0 saturated heterocycles. The Morgan fingerprint density at radius 2 is 1.92 bits per heavy atom. The van der Waals surface area contributed by atoms with Gasteiger partial charge in [0.25, 0.3) is 5.91 Å². The summed E-state index contributed by atoms with van der Waals surface area (Å²) in [6, 6.07) is 18.1. The predicted molar refractivity (Wildman–Crippen MR) is 103 cm³/mol. The SMILES string of the molecule is CCc1ccc(-c2ccc(C(=O)Nc3ccc(C#N)c(Cl)c3)cc2)nc1. The number of aryl methyl sites for hydroxylation is 1. The Morgan fingerprint density at radius 3 is 2.50 bits per heavy atom. The van der Waals surface area contributed by atoms with Gasteiger partial charge < -0.3 is 5.32 Å². The number of anilines is 1. The zero-order valence-electron chi connectivity index (χ0n) is 14.2. The average molecular weight is 362 g/mol. The van der Waals surface area contributed by atoms with Crippen LogP contribution in [0.15, 0.2) is 60.8 Å². The van der Waals surface area contributed by atoms with E-state index in [-0.39, 0.29) is 5.91 Å². The van der Waals surface area contributed by atoms with Crippen LogP contribution in [0, 0.1) is 11.3 Å². The molecule has 0 aliphatic carbocycles. The van der Waals surface area contributed by atoms with Crippen LogP contribution in [-0.2, 0) is 6.42 Å². The van der Waals surface area contributed by atoms with Gasteiger partial charge >= 0.3 is 0 Å². The molecule has 0 unspecified atom stereocenters. The molecule has 1 aromatic heterocycles. The highest BCUT2D eigenvalue weighted by atomic mass is 35.5. The number of carbonyl (C=O) groups excluding carboxylic acids is 1. The van der Waals surface area contributed by atoms with Gasteiger partial charge in [0, 0.05) is 23.0 Å². The fourth-order valence-electron chi connectivity index (χ4n) is 2.48. The lowest BCUT2D eigenvalue weighted by Gasteiger charge is -2.07. The lowest BCUT2D eigenvalue weighted by atomic mass is 10.1. The number of nitrogens with one attached hydrogen (secondary N) is 1. The maximum Gasteiger partial charge on any atom is 0.255 e. The molecule has 3 rings (SSSR count). The van der Waals surface area contributed by atoms with E-state index in [2.05, 4.69) is 23.3 Å². The number of halogens is 1. The zero-order valence-corrected chi connectivity index (χ0v) is 14.9. The summed E-state index contributed by atoms with van der Waals surface area (Å²) in [6.07, 6.45) is 2.82. The Labute approximate surface area is 157 Å². The first-order chi connectivity index (χ1) is 12.6. The van der Waals surface area contributed by atoms with Crippen molar-refractivity contribution in [3.8, 4) is 17.3 Å². The van der Waals surface area contributed by atoms with Crippen LogP contribution in [0.2, 0.25) is 5.02 Å². The smallest absolute Gasteiger partial charge is 0.255 e. The molecule has 0 aliphatic rings. The number of aromatic nitrogens is 1. The van der Waals surface area contributed by atoms with Gasteiger partial charge in [-0.25, -0.2) is 0 Å². The van der Waals surface area contributed by atoms with Crippen molar-refractivity contribution in [2.75, 3.05) is 5.32 Å². The molecule has 5 heteroatoms. The summed E-state index contributed by atoms with van der Waals surface area (Å²) in [7, 11) is 0. The summed E-state index contributed by atoms with van der Waals surface area (Å²) in [6.45, 7) is 2.09. The molecule has 0 bridgehead atoms. The minimum Gasteiger partial charge on any atom is -0.322 e. The summed E-state index contributed by atoms with van der Waals surface area (Å²) in [4.78, 5) is 16.8. The summed E-state index contributed by atoms with van der Waals surface area (Å²) in [5, 5.41) is 12.0. The Balaban J connectivity index is 1.74. The third kappa shape index (κ3) is 3.90. The number of amides is 1. The largest absolute Gasteiger partial charge is 0.322 e. The van der Waals surface area contributed by atoms with E-state index < -0.39 is 0 Å². The number of carbonyl (C=O) groups is 1. The van der Waals surface area contributed by atoms with E-state index in [4.69, 9.17) is 16.9 Å². The fourth-order valence-corrected chi connectivity index (χ4v) is 2.71. The van der Waals surface area contributed by atoms with Crippen molar-refractivity contribution in [1.82, 2.24) is 4.98 Å². The molecule has 0 fully saturated rings. The Hall–Kier alpha value is -3.16. The van der Waals surface area contributed by atoms with Crippen LogP contribution in [0.3, 0.4) is 0 Å². The van der Waals surface area contributed by atoms with Crippen molar-refractivity contribution in [3.63, 3.8) is 0 Å². The molecule has 0 atom stereocenters. The highest BCUT2D eigenvalue weighted by Gasteiger charge is 2.09. The predicted octanol–water partition coefficient (Wildman–Crippen LogP) is 5.09. The van der Waals surface area contributed by atoms with Crippen LogP contribution < -0.4 is 5.32 Å². The van der Waals surface area contributed by atoms with Crippen LogP contribution in [0.5, 0.6) is 0 Å². The van der Waals surface area contributed by atoms with Crippen LogP contribution in [0.1, 0.15) is 28.4 Å². The minimum atomic E-state index is -0.244. The quantitative estimate of drug-likeness (QED) is 0.704. The third-order valence-corrected chi connectivity index (χ3v) is 4.34. The van der Waals surface area contributed by atoms with Gasteiger partial charge in [-0.2, -0.15) is 5.26 Å². The summed E-state index contributed by atoms with van der Waals surface area (Å²) < 4.78 is 0. The molecule has 0 saturated carbocycles. The zero-order chi connectivity index (χ0) is 18.5. The van der Waals surface area contributed by atoms with Crippen molar-refractivity contribution in [1.29, 1.82) is 5.26 Å². The van der Waals surface area contributed by atoms with E-state index in [1.54, 1.807) is 30.3 Å². The Bertz CT molecular complexity index is 974. The van der Waals surface area contributed by atoms with Gasteiger partial charge in [0.15, 0.2) is 0 Å². The Kier molecular flexibility index (Phi) is 5.31. The summed E-state index contributed by atoms with van der Waals surface area (Å²) >= 11 is 5.99. The number of rotatable bonds is 4. The van der Waals surface area contributed by atoms with Crippen molar-refractivity contribution >= 4 is 23.2 Å². The molecule has 26 heavy (non-hydrogen) atoms. The van der Waals surface area contributed by atoms with E-state index >= 15 is 0 Å². The molecule has 1 amide bonds. The van der Waals surface area contributed by atoms with Gasteiger partial charge in [-0.15, -0.1) is 0 Å². The topological polar surface area (TPSA) is 65.8 Å². The molecule has 1 heterocycles. The second-order valence-corrected chi connectivity index (χ2v) is 6.15. The monoisotopic (exact) mass is 361 g/mol. The van der Waals surface area contributed by atoms with Crippen molar-refractivity contribution < 1.29 is 4.79 Å². The van der Waals surface area contributed by atoms with E-state index in [9.17, 15) is 4.79 Å². The molecule has 128 valence electrons. The lowest BCUT2D eigenvalue weighted by molar-refractivity contribution is 0.102. The molecule has 4 nitrogen and oxygen atoms in total. The van der Waals surface area contributed by atoms with E-state index in [1.165, 1.54) is 5.56 Å². The number of hydrogen-bond donors (Lipinski definition) is 1. The number of pyridine rings is 1. The van der Waals surface area contributed by atoms with Crippen molar-refractivity contribution in [2.45, 2.75) is 13.3 Å². The van der Waals surface area contributed by atoms with Gasteiger partial charge in [0.1, 0.15) is 6.07 Å². The van der Waals surface area contributed by atoms with E-state index in [1.807, 2.05) is 30.5 Å². The molecular weight excluding hydrogens is 346 g/mol. The molecule has 2 aromatic carbocycles. The molecule has 0 spiro atoms. The van der Waals surface area contributed by atoms with E-state index in [0.717, 1.165) is 17.7 Å². The van der Waals surface area contributed by atoms with Crippen LogP contribution in [-0.4, -0.2) is 10.9 Å².